The van der Waals surface area contributed by atoms with E-state index in [-0.39, 0.29) is 6.10 Å². The molecule has 198 valence electrons. The fourth-order valence-corrected chi connectivity index (χ4v) is 4.78. The molecule has 0 spiro atoms. The molecule has 3 nitrogen and oxygen atoms in total. The van der Waals surface area contributed by atoms with Gasteiger partial charge in [0, 0.05) is 6.42 Å². The van der Waals surface area contributed by atoms with Gasteiger partial charge in [-0.05, 0) is 19.8 Å². The summed E-state index contributed by atoms with van der Waals surface area (Å²) >= 11 is 0. The number of hydrogen-bond acceptors (Lipinski definition) is 2. The lowest BCUT2D eigenvalue weighted by molar-refractivity contribution is -0.137. The molecule has 0 rings (SSSR count). The van der Waals surface area contributed by atoms with Gasteiger partial charge in [-0.3, -0.25) is 4.79 Å². The Kier molecular flexibility index (Phi) is 27.2. The molecule has 0 amide bonds. The summed E-state index contributed by atoms with van der Waals surface area (Å²) in [6.07, 6.45) is 35.0. The number of hydrogen-bond donors (Lipinski definition) is 2. The van der Waals surface area contributed by atoms with Gasteiger partial charge < -0.3 is 10.2 Å². The zero-order chi connectivity index (χ0) is 24.2. The number of aliphatic hydroxyl groups excluding tert-OH is 1. The minimum atomic E-state index is -0.653. The van der Waals surface area contributed by atoms with Crippen molar-refractivity contribution in [1.29, 1.82) is 0 Å². The van der Waals surface area contributed by atoms with Crippen LogP contribution >= 0.6 is 0 Å². The molecule has 1 unspecified atom stereocenters. The first-order chi connectivity index (χ1) is 16.1. The molecule has 3 heteroatoms. The summed E-state index contributed by atoms with van der Waals surface area (Å²) in [4.78, 5) is 10.4. The third-order valence-corrected chi connectivity index (χ3v) is 7.01. The number of unbranched alkanes of at least 4 members (excludes halogenated alkanes) is 24. The van der Waals surface area contributed by atoms with Gasteiger partial charge in [0.1, 0.15) is 0 Å². The van der Waals surface area contributed by atoms with Gasteiger partial charge >= 0.3 is 5.97 Å². The molecule has 0 heterocycles. The molecular weight excluding hydrogens is 408 g/mol. The lowest BCUT2D eigenvalue weighted by Crippen LogP contribution is -1.98. The van der Waals surface area contributed by atoms with Gasteiger partial charge in [0.05, 0.1) is 6.10 Å². The van der Waals surface area contributed by atoms with Crippen molar-refractivity contribution in [2.45, 2.75) is 186 Å². The summed E-state index contributed by atoms with van der Waals surface area (Å²) in [6.45, 7) is 1.89. The van der Waals surface area contributed by atoms with Crippen LogP contribution in [0.2, 0.25) is 0 Å². The Labute approximate surface area is 207 Å². The summed E-state index contributed by atoms with van der Waals surface area (Å²) in [7, 11) is 0. The minimum absolute atomic E-state index is 0.114. The molecule has 1 atom stereocenters. The highest BCUT2D eigenvalue weighted by atomic mass is 16.4. The summed E-state index contributed by atoms with van der Waals surface area (Å²) < 4.78 is 0. The number of aliphatic hydroxyl groups is 1. The minimum Gasteiger partial charge on any atom is -0.481 e. The molecule has 0 bridgehead atoms. The van der Waals surface area contributed by atoms with Crippen LogP contribution in [-0.4, -0.2) is 22.3 Å². The van der Waals surface area contributed by atoms with E-state index in [2.05, 4.69) is 0 Å². The van der Waals surface area contributed by atoms with Crippen LogP contribution in [-0.2, 0) is 4.79 Å². The van der Waals surface area contributed by atoms with Gasteiger partial charge in [0.15, 0.2) is 0 Å². The topological polar surface area (TPSA) is 57.5 Å². The highest BCUT2D eigenvalue weighted by Crippen LogP contribution is 2.16. The van der Waals surface area contributed by atoms with Gasteiger partial charge in [0.2, 0.25) is 0 Å². The molecule has 0 aromatic rings. The van der Waals surface area contributed by atoms with E-state index in [1.807, 2.05) is 6.92 Å². The molecule has 0 aromatic carbocycles. The van der Waals surface area contributed by atoms with E-state index in [0.29, 0.717) is 6.42 Å². The van der Waals surface area contributed by atoms with Gasteiger partial charge in [-0.1, -0.05) is 154 Å². The van der Waals surface area contributed by atoms with Gasteiger partial charge in [0.25, 0.3) is 0 Å². The Hall–Kier alpha value is -0.570. The zero-order valence-electron chi connectivity index (χ0n) is 22.5. The van der Waals surface area contributed by atoms with E-state index < -0.39 is 5.97 Å². The molecular formula is C30H60O3. The predicted octanol–water partition coefficient (Wildman–Crippen LogP) is 9.98. The average Bonchev–Trinajstić information content (AvgIpc) is 2.78. The van der Waals surface area contributed by atoms with E-state index in [9.17, 15) is 9.90 Å². The third kappa shape index (κ3) is 31.4. The SMILES string of the molecule is CC(O)CCCCCCCCCCCCCCCCCCCCCCCCCCCC(=O)O. The number of rotatable bonds is 28. The van der Waals surface area contributed by atoms with E-state index in [4.69, 9.17) is 5.11 Å². The van der Waals surface area contributed by atoms with E-state index in [1.54, 1.807) is 0 Å². The number of carbonyl (C=O) groups is 1. The summed E-state index contributed by atoms with van der Waals surface area (Å²) in [5, 5.41) is 17.8. The van der Waals surface area contributed by atoms with Crippen LogP contribution in [0.1, 0.15) is 180 Å². The maximum Gasteiger partial charge on any atom is 0.303 e. The summed E-state index contributed by atoms with van der Waals surface area (Å²) in [6, 6.07) is 0. The van der Waals surface area contributed by atoms with Crippen LogP contribution in [0.25, 0.3) is 0 Å². The summed E-state index contributed by atoms with van der Waals surface area (Å²) in [5.41, 5.74) is 0. The Morgan fingerprint density at radius 2 is 0.667 bits per heavy atom. The van der Waals surface area contributed by atoms with Crippen molar-refractivity contribution in [3.05, 3.63) is 0 Å². The second-order valence-electron chi connectivity index (χ2n) is 10.6. The molecule has 0 aliphatic rings. The monoisotopic (exact) mass is 468 g/mol. The fourth-order valence-electron chi connectivity index (χ4n) is 4.78. The van der Waals surface area contributed by atoms with Crippen molar-refractivity contribution >= 4 is 5.97 Å². The third-order valence-electron chi connectivity index (χ3n) is 7.01. The predicted molar refractivity (Wildman–Crippen MR) is 144 cm³/mol. The Morgan fingerprint density at radius 3 is 0.879 bits per heavy atom. The first kappa shape index (κ1) is 32.4. The highest BCUT2D eigenvalue weighted by molar-refractivity contribution is 5.66. The molecule has 0 aliphatic heterocycles. The number of aliphatic carboxylic acids is 1. The quantitative estimate of drug-likeness (QED) is 0.112. The molecule has 0 fully saturated rings. The number of carboxylic acids is 1. The molecule has 2 N–H and O–H groups in total. The second-order valence-corrected chi connectivity index (χ2v) is 10.6. The Balaban J connectivity index is 3.02. The van der Waals surface area contributed by atoms with Crippen molar-refractivity contribution < 1.29 is 15.0 Å². The van der Waals surface area contributed by atoms with Gasteiger partial charge in [-0.2, -0.15) is 0 Å². The van der Waals surface area contributed by atoms with Crippen LogP contribution in [0.4, 0.5) is 0 Å². The molecule has 0 saturated carbocycles. The van der Waals surface area contributed by atoms with E-state index in [1.165, 1.54) is 148 Å². The first-order valence-corrected chi connectivity index (χ1v) is 15.0. The average molecular weight is 469 g/mol. The van der Waals surface area contributed by atoms with Crippen molar-refractivity contribution in [1.82, 2.24) is 0 Å². The molecule has 0 saturated heterocycles. The number of carboxylic acid groups (broad SMARTS) is 1. The fraction of sp³-hybridized carbons (Fsp3) is 0.967. The lowest BCUT2D eigenvalue weighted by Gasteiger charge is -2.05. The lowest BCUT2D eigenvalue weighted by atomic mass is 10.0. The van der Waals surface area contributed by atoms with Gasteiger partial charge in [-0.25, -0.2) is 0 Å². The maximum absolute atomic E-state index is 10.4. The van der Waals surface area contributed by atoms with Crippen LogP contribution < -0.4 is 0 Å². The zero-order valence-corrected chi connectivity index (χ0v) is 22.5. The van der Waals surface area contributed by atoms with Crippen molar-refractivity contribution in [3.63, 3.8) is 0 Å². The van der Waals surface area contributed by atoms with Gasteiger partial charge in [-0.15, -0.1) is 0 Å². The Morgan fingerprint density at radius 1 is 0.455 bits per heavy atom. The van der Waals surface area contributed by atoms with Crippen LogP contribution in [0.5, 0.6) is 0 Å². The van der Waals surface area contributed by atoms with Crippen molar-refractivity contribution in [2.75, 3.05) is 0 Å². The Bertz CT molecular complexity index is 381. The van der Waals surface area contributed by atoms with E-state index in [0.717, 1.165) is 19.3 Å². The van der Waals surface area contributed by atoms with Crippen molar-refractivity contribution in [2.24, 2.45) is 0 Å². The van der Waals surface area contributed by atoms with Crippen LogP contribution in [0, 0.1) is 0 Å². The smallest absolute Gasteiger partial charge is 0.303 e. The second kappa shape index (κ2) is 27.7. The molecule has 0 radical (unpaired) electrons. The molecule has 33 heavy (non-hydrogen) atoms. The highest BCUT2D eigenvalue weighted by Gasteiger charge is 1.98. The van der Waals surface area contributed by atoms with Crippen LogP contribution in [0.3, 0.4) is 0 Å². The van der Waals surface area contributed by atoms with E-state index >= 15 is 0 Å². The maximum atomic E-state index is 10.4. The molecule has 0 aromatic heterocycles. The standard InChI is InChI=1S/C30H60O3/c1-29(31)27-25-23-21-19-17-15-13-11-9-7-5-3-2-4-6-8-10-12-14-16-18-20-22-24-26-28-30(32)33/h29,31H,2-28H2,1H3,(H,32,33). The normalized spacial score (nSPS) is 12.3. The first-order valence-electron chi connectivity index (χ1n) is 15.0. The largest absolute Gasteiger partial charge is 0.481 e. The summed E-state index contributed by atoms with van der Waals surface area (Å²) in [5.74, 6) is -0.653. The van der Waals surface area contributed by atoms with Crippen molar-refractivity contribution in [3.8, 4) is 0 Å². The van der Waals surface area contributed by atoms with Crippen LogP contribution in [0.15, 0.2) is 0 Å². The molecule has 0 aliphatic carbocycles.